The van der Waals surface area contributed by atoms with Crippen molar-refractivity contribution in [1.29, 1.82) is 5.26 Å². The van der Waals surface area contributed by atoms with Crippen LogP contribution in [0.1, 0.15) is 46.3 Å². The molecule has 0 saturated carbocycles. The van der Waals surface area contributed by atoms with Gasteiger partial charge in [0.25, 0.3) is 5.91 Å². The Balaban J connectivity index is 1.45. The highest BCUT2D eigenvalue weighted by Gasteiger charge is 2.36. The molecule has 1 saturated heterocycles. The predicted octanol–water partition coefficient (Wildman–Crippen LogP) is 1.32. The molecule has 0 aromatic carbocycles. The van der Waals surface area contributed by atoms with Crippen molar-refractivity contribution in [2.75, 3.05) is 13.1 Å². The predicted molar refractivity (Wildman–Crippen MR) is 75.0 cm³/mol. The fraction of sp³-hybridized carbons (Fsp3) is 0.467. The van der Waals surface area contributed by atoms with Crippen LogP contribution in [0.2, 0.25) is 0 Å². The van der Waals surface area contributed by atoms with Crippen molar-refractivity contribution >= 4 is 5.91 Å². The minimum atomic E-state index is -0.0837. The second kappa shape index (κ2) is 4.98. The van der Waals surface area contributed by atoms with Crippen LogP contribution >= 0.6 is 0 Å². The van der Waals surface area contributed by atoms with Crippen molar-refractivity contribution in [2.45, 2.75) is 31.7 Å². The summed E-state index contributed by atoms with van der Waals surface area (Å²) in [6, 6.07) is 2.18. The summed E-state index contributed by atoms with van der Waals surface area (Å²) in [5, 5.41) is 17.0. The molecule has 7 nitrogen and oxygen atoms in total. The lowest BCUT2D eigenvalue weighted by Crippen LogP contribution is -2.51. The van der Waals surface area contributed by atoms with E-state index in [1.807, 2.05) is 0 Å². The molecule has 1 aliphatic heterocycles. The van der Waals surface area contributed by atoms with Crippen LogP contribution in [0.5, 0.6) is 0 Å². The Hall–Kier alpha value is -2.62. The summed E-state index contributed by atoms with van der Waals surface area (Å²) in [6.07, 6.45) is 7.22. The number of aromatic nitrogens is 3. The van der Waals surface area contributed by atoms with Gasteiger partial charge in [-0.05, 0) is 25.7 Å². The van der Waals surface area contributed by atoms with Crippen molar-refractivity contribution in [1.82, 2.24) is 19.8 Å². The highest BCUT2D eigenvalue weighted by molar-refractivity contribution is 5.93. The molecule has 22 heavy (non-hydrogen) atoms. The maximum absolute atomic E-state index is 12.5. The van der Waals surface area contributed by atoms with Crippen molar-refractivity contribution in [3.05, 3.63) is 35.0 Å². The Labute approximate surface area is 127 Å². The number of carbonyl (C=O) groups excluding carboxylic acids is 1. The van der Waals surface area contributed by atoms with E-state index in [0.717, 1.165) is 36.9 Å². The van der Waals surface area contributed by atoms with Crippen LogP contribution < -0.4 is 0 Å². The Kier molecular flexibility index (Phi) is 2.96. The topological polar surface area (TPSA) is 88.0 Å². The van der Waals surface area contributed by atoms with E-state index in [2.05, 4.69) is 16.3 Å². The normalized spacial score (nSPS) is 17.7. The number of likely N-dealkylation sites (tertiary alicyclic amines) is 1. The highest BCUT2D eigenvalue weighted by Crippen LogP contribution is 2.28. The van der Waals surface area contributed by atoms with Gasteiger partial charge in [-0.25, -0.2) is 0 Å². The molecular formula is C15H15N5O2. The lowest BCUT2D eigenvalue weighted by atomic mass is 9.95. The lowest BCUT2D eigenvalue weighted by Gasteiger charge is -2.38. The van der Waals surface area contributed by atoms with E-state index in [1.54, 1.807) is 15.8 Å². The SMILES string of the molecule is N#Cc1cnn(C2CN(C(=O)c3onc4c3CCCC4)C2)c1. The molecule has 7 heteroatoms. The van der Waals surface area contributed by atoms with Gasteiger partial charge in [-0.2, -0.15) is 10.4 Å². The van der Waals surface area contributed by atoms with E-state index in [-0.39, 0.29) is 11.9 Å². The summed E-state index contributed by atoms with van der Waals surface area (Å²) in [6.45, 7) is 1.17. The second-order valence-corrected chi connectivity index (χ2v) is 5.83. The smallest absolute Gasteiger partial charge is 0.292 e. The number of hydrogen-bond donors (Lipinski definition) is 0. The molecule has 0 unspecified atom stereocenters. The third-order valence-corrected chi connectivity index (χ3v) is 4.41. The van der Waals surface area contributed by atoms with E-state index in [0.29, 0.717) is 24.4 Å². The molecule has 1 amide bonds. The molecule has 0 bridgehead atoms. The number of nitrogens with zero attached hydrogens (tertiary/aromatic N) is 5. The third-order valence-electron chi connectivity index (χ3n) is 4.41. The van der Waals surface area contributed by atoms with E-state index in [1.165, 1.54) is 6.20 Å². The van der Waals surface area contributed by atoms with Crippen LogP contribution in [0.15, 0.2) is 16.9 Å². The van der Waals surface area contributed by atoms with Crippen LogP contribution in [-0.2, 0) is 12.8 Å². The van der Waals surface area contributed by atoms with Crippen LogP contribution in [-0.4, -0.2) is 38.8 Å². The first kappa shape index (κ1) is 13.1. The summed E-state index contributed by atoms with van der Waals surface area (Å²) in [5.74, 6) is 0.325. The minimum Gasteiger partial charge on any atom is -0.350 e. The van der Waals surface area contributed by atoms with Crippen LogP contribution in [0, 0.1) is 11.3 Å². The molecule has 0 N–H and O–H groups in total. The van der Waals surface area contributed by atoms with Gasteiger partial charge in [-0.1, -0.05) is 5.16 Å². The van der Waals surface area contributed by atoms with E-state index in [4.69, 9.17) is 9.78 Å². The number of carbonyl (C=O) groups is 1. The summed E-state index contributed by atoms with van der Waals surface area (Å²) in [4.78, 5) is 14.3. The number of nitriles is 1. The van der Waals surface area contributed by atoms with Gasteiger partial charge >= 0.3 is 0 Å². The second-order valence-electron chi connectivity index (χ2n) is 5.83. The first-order valence-corrected chi connectivity index (χ1v) is 7.47. The standard InChI is InChI=1S/C15H15N5O2/c16-5-10-6-17-20(7-10)11-8-19(9-11)15(21)14-12-3-1-2-4-13(12)18-22-14/h6-7,11H,1-4,8-9H2. The molecule has 0 atom stereocenters. The zero-order valence-corrected chi connectivity index (χ0v) is 12.0. The molecule has 3 heterocycles. The maximum Gasteiger partial charge on any atom is 0.292 e. The number of hydrogen-bond acceptors (Lipinski definition) is 5. The van der Waals surface area contributed by atoms with Crippen LogP contribution in [0.3, 0.4) is 0 Å². The van der Waals surface area contributed by atoms with Gasteiger partial charge in [0, 0.05) is 24.8 Å². The monoisotopic (exact) mass is 297 g/mol. The largest absolute Gasteiger partial charge is 0.350 e. The molecular weight excluding hydrogens is 282 g/mol. The van der Waals surface area contributed by atoms with Gasteiger partial charge < -0.3 is 9.42 Å². The quantitative estimate of drug-likeness (QED) is 0.834. The molecule has 1 aliphatic carbocycles. The lowest BCUT2D eigenvalue weighted by molar-refractivity contribution is 0.0459. The average Bonchev–Trinajstić information content (AvgIpc) is 3.12. The summed E-state index contributed by atoms with van der Waals surface area (Å²) in [7, 11) is 0. The minimum absolute atomic E-state index is 0.0837. The molecule has 4 rings (SSSR count). The average molecular weight is 297 g/mol. The third kappa shape index (κ3) is 1.99. The zero-order chi connectivity index (χ0) is 15.1. The fourth-order valence-electron chi connectivity index (χ4n) is 3.09. The Morgan fingerprint density at radius 2 is 2.18 bits per heavy atom. The van der Waals surface area contributed by atoms with Gasteiger partial charge in [0.05, 0.1) is 23.5 Å². The van der Waals surface area contributed by atoms with Gasteiger partial charge in [0.1, 0.15) is 6.07 Å². The molecule has 0 radical (unpaired) electrons. The number of rotatable bonds is 2. The molecule has 112 valence electrons. The number of amides is 1. The molecule has 2 aliphatic rings. The van der Waals surface area contributed by atoms with Crippen molar-refractivity contribution in [3.8, 4) is 6.07 Å². The van der Waals surface area contributed by atoms with Gasteiger partial charge in [0.2, 0.25) is 5.76 Å². The Morgan fingerprint density at radius 1 is 1.36 bits per heavy atom. The summed E-state index contributed by atoms with van der Waals surface area (Å²) < 4.78 is 7.04. The highest BCUT2D eigenvalue weighted by atomic mass is 16.5. The molecule has 1 fully saturated rings. The van der Waals surface area contributed by atoms with Crippen LogP contribution in [0.4, 0.5) is 0 Å². The van der Waals surface area contributed by atoms with Crippen molar-refractivity contribution in [3.63, 3.8) is 0 Å². The summed E-state index contributed by atoms with van der Waals surface area (Å²) in [5.41, 5.74) is 2.47. The van der Waals surface area contributed by atoms with Crippen molar-refractivity contribution < 1.29 is 9.32 Å². The van der Waals surface area contributed by atoms with E-state index in [9.17, 15) is 4.79 Å². The van der Waals surface area contributed by atoms with Gasteiger partial charge in [-0.15, -0.1) is 0 Å². The summed E-state index contributed by atoms with van der Waals surface area (Å²) >= 11 is 0. The molecule has 2 aromatic heterocycles. The first-order chi connectivity index (χ1) is 10.8. The van der Waals surface area contributed by atoms with E-state index < -0.39 is 0 Å². The zero-order valence-electron chi connectivity index (χ0n) is 12.0. The van der Waals surface area contributed by atoms with Gasteiger partial charge in [0.15, 0.2) is 0 Å². The number of aryl methyl sites for hydroxylation is 1. The van der Waals surface area contributed by atoms with E-state index >= 15 is 0 Å². The van der Waals surface area contributed by atoms with Crippen LogP contribution in [0.25, 0.3) is 0 Å². The molecule has 2 aromatic rings. The first-order valence-electron chi connectivity index (χ1n) is 7.47. The fourth-order valence-corrected chi connectivity index (χ4v) is 3.09. The molecule has 0 spiro atoms. The Morgan fingerprint density at radius 3 is 2.95 bits per heavy atom. The van der Waals surface area contributed by atoms with Crippen molar-refractivity contribution in [2.24, 2.45) is 0 Å². The van der Waals surface area contributed by atoms with Gasteiger partial charge in [-0.3, -0.25) is 9.48 Å². The number of fused-ring (bicyclic) bond motifs is 1. The maximum atomic E-state index is 12.5. The Bertz CT molecular complexity index is 763.